The molecule has 1 aromatic heterocycles. The lowest BCUT2D eigenvalue weighted by Crippen LogP contribution is -2.36. The Morgan fingerprint density at radius 3 is 2.58 bits per heavy atom. The smallest absolute Gasteiger partial charge is 0.264 e. The molecule has 0 amide bonds. The van der Waals surface area contributed by atoms with Crippen molar-refractivity contribution in [3.8, 4) is 11.5 Å². The Balaban J connectivity index is 1.84. The van der Waals surface area contributed by atoms with Gasteiger partial charge in [0.1, 0.15) is 12.7 Å². The van der Waals surface area contributed by atoms with Crippen LogP contribution in [0.5, 0.6) is 11.5 Å². The van der Waals surface area contributed by atoms with E-state index >= 15 is 0 Å². The number of aliphatic hydroxyl groups excluding tert-OH is 1. The third kappa shape index (κ3) is 5.82. The van der Waals surface area contributed by atoms with Gasteiger partial charge in [-0.3, -0.25) is 0 Å². The minimum absolute atomic E-state index is 0.166. The van der Waals surface area contributed by atoms with Crippen LogP contribution in [0.15, 0.2) is 28.8 Å². The number of ether oxygens (including phenoxy) is 2. The van der Waals surface area contributed by atoms with Crippen molar-refractivity contribution in [3.05, 3.63) is 36.0 Å². The molecule has 0 spiro atoms. The van der Waals surface area contributed by atoms with Gasteiger partial charge in [-0.2, -0.15) is 4.98 Å². The molecule has 1 aromatic carbocycles. The first-order valence-corrected chi connectivity index (χ1v) is 8.13. The highest BCUT2D eigenvalue weighted by atomic mass is 16.5. The first-order valence-electron chi connectivity index (χ1n) is 8.13. The van der Waals surface area contributed by atoms with Crippen LogP contribution in [0.4, 0.5) is 0 Å². The number of hydrogen-bond donors (Lipinski definition) is 2. The Morgan fingerprint density at radius 1 is 1.25 bits per heavy atom. The van der Waals surface area contributed by atoms with Crippen molar-refractivity contribution < 1.29 is 19.1 Å². The highest BCUT2D eigenvalue weighted by Crippen LogP contribution is 2.27. The average molecular weight is 335 g/mol. The maximum absolute atomic E-state index is 9.99. The van der Waals surface area contributed by atoms with E-state index in [1.165, 1.54) is 0 Å². The summed E-state index contributed by atoms with van der Waals surface area (Å²) in [6.07, 6.45) is 0.421. The second-order valence-electron chi connectivity index (χ2n) is 5.65. The van der Waals surface area contributed by atoms with Crippen LogP contribution in [0, 0.1) is 6.92 Å². The number of aliphatic hydroxyl groups is 1. The molecule has 0 aliphatic heterocycles. The number of aryl methyl sites for hydroxylation is 1. The zero-order valence-corrected chi connectivity index (χ0v) is 14.4. The van der Waals surface area contributed by atoms with Gasteiger partial charge in [0.2, 0.25) is 0 Å². The number of para-hydroxylation sites is 2. The topological polar surface area (TPSA) is 89.6 Å². The number of nitrogens with one attached hydrogen (secondary N) is 1. The maximum Gasteiger partial charge on any atom is 0.264 e. The molecule has 132 valence electrons. The molecule has 0 aliphatic carbocycles. The Kier molecular flexibility index (Phi) is 7.02. The summed E-state index contributed by atoms with van der Waals surface area (Å²) >= 11 is 0. The lowest BCUT2D eigenvalue weighted by molar-refractivity contribution is 0.101. The van der Waals surface area contributed by atoms with Crippen LogP contribution < -0.4 is 14.8 Å². The van der Waals surface area contributed by atoms with Crippen molar-refractivity contribution in [2.45, 2.75) is 45.9 Å². The lowest BCUT2D eigenvalue weighted by atomic mass is 10.2. The van der Waals surface area contributed by atoms with Gasteiger partial charge in [-0.15, -0.1) is 0 Å². The largest absolute Gasteiger partial charge is 0.487 e. The van der Waals surface area contributed by atoms with Crippen LogP contribution >= 0.6 is 0 Å². The Bertz CT molecular complexity index is 617. The van der Waals surface area contributed by atoms with Gasteiger partial charge in [0.25, 0.3) is 5.89 Å². The summed E-state index contributed by atoms with van der Waals surface area (Å²) in [5.74, 6) is 2.10. The van der Waals surface area contributed by atoms with E-state index < -0.39 is 6.10 Å². The molecule has 7 heteroatoms. The second-order valence-corrected chi connectivity index (χ2v) is 5.65. The molecule has 0 radical (unpaired) electrons. The molecular weight excluding hydrogens is 310 g/mol. The van der Waals surface area contributed by atoms with Gasteiger partial charge in [-0.05, 0) is 32.4 Å². The maximum atomic E-state index is 9.99. The normalized spacial score (nSPS) is 13.5. The van der Waals surface area contributed by atoms with Crippen molar-refractivity contribution >= 4 is 0 Å². The predicted molar refractivity (Wildman–Crippen MR) is 89.1 cm³/mol. The molecule has 2 N–H and O–H groups in total. The van der Waals surface area contributed by atoms with Crippen LogP contribution in [0.2, 0.25) is 0 Å². The van der Waals surface area contributed by atoms with Gasteiger partial charge in [-0.1, -0.05) is 24.2 Å². The fourth-order valence-electron chi connectivity index (χ4n) is 1.95. The standard InChI is InChI=1S/C17H25N3O4/c1-4-12(2)18-9-14(21)10-22-15-7-5-6-8-16(15)23-11-17-19-13(3)20-24-17/h5-8,12,14,18,21H,4,9-11H2,1-3H3. The molecule has 2 rings (SSSR count). The average Bonchev–Trinajstić information content (AvgIpc) is 3.02. The van der Waals surface area contributed by atoms with Gasteiger partial charge in [0, 0.05) is 12.6 Å². The Hall–Kier alpha value is -2.12. The highest BCUT2D eigenvalue weighted by Gasteiger charge is 2.11. The molecule has 0 bridgehead atoms. The van der Waals surface area contributed by atoms with Gasteiger partial charge in [0.05, 0.1) is 0 Å². The van der Waals surface area contributed by atoms with E-state index in [-0.39, 0.29) is 13.2 Å². The van der Waals surface area contributed by atoms with Gasteiger partial charge >= 0.3 is 0 Å². The SMILES string of the molecule is CCC(C)NCC(O)COc1ccccc1OCc1nc(C)no1. The molecule has 0 aliphatic rings. The zero-order valence-electron chi connectivity index (χ0n) is 14.4. The Labute approximate surface area is 142 Å². The summed E-state index contributed by atoms with van der Waals surface area (Å²) in [6, 6.07) is 7.66. The van der Waals surface area contributed by atoms with E-state index in [1.54, 1.807) is 19.1 Å². The van der Waals surface area contributed by atoms with Crippen LogP contribution in [0.1, 0.15) is 32.0 Å². The molecule has 7 nitrogen and oxygen atoms in total. The van der Waals surface area contributed by atoms with Crippen molar-refractivity contribution in [1.29, 1.82) is 0 Å². The molecule has 1 heterocycles. The number of benzene rings is 1. The molecule has 24 heavy (non-hydrogen) atoms. The molecule has 2 unspecified atom stereocenters. The van der Waals surface area contributed by atoms with Crippen LogP contribution in [0.25, 0.3) is 0 Å². The predicted octanol–water partition coefficient (Wildman–Crippen LogP) is 2.08. The van der Waals surface area contributed by atoms with Crippen molar-refractivity contribution in [1.82, 2.24) is 15.5 Å². The highest BCUT2D eigenvalue weighted by molar-refractivity contribution is 5.39. The summed E-state index contributed by atoms with van der Waals surface area (Å²) < 4.78 is 16.4. The quantitative estimate of drug-likeness (QED) is 0.687. The Morgan fingerprint density at radius 2 is 1.96 bits per heavy atom. The molecule has 0 fully saturated rings. The number of rotatable bonds is 10. The molecule has 2 atom stereocenters. The fourth-order valence-corrected chi connectivity index (χ4v) is 1.95. The molecular formula is C17H25N3O4. The van der Waals surface area contributed by atoms with E-state index in [0.29, 0.717) is 35.8 Å². The van der Waals surface area contributed by atoms with Gasteiger partial charge < -0.3 is 24.4 Å². The molecule has 0 saturated heterocycles. The zero-order chi connectivity index (χ0) is 17.4. The van der Waals surface area contributed by atoms with Crippen molar-refractivity contribution in [2.24, 2.45) is 0 Å². The minimum Gasteiger partial charge on any atom is -0.487 e. The fraction of sp³-hybridized carbons (Fsp3) is 0.529. The third-order valence-electron chi connectivity index (χ3n) is 3.52. The lowest BCUT2D eigenvalue weighted by Gasteiger charge is -2.17. The van der Waals surface area contributed by atoms with Crippen molar-refractivity contribution in [2.75, 3.05) is 13.2 Å². The number of hydrogen-bond acceptors (Lipinski definition) is 7. The summed E-state index contributed by atoms with van der Waals surface area (Å²) in [6.45, 7) is 6.76. The summed E-state index contributed by atoms with van der Waals surface area (Å²) in [5, 5.41) is 17.0. The van der Waals surface area contributed by atoms with Crippen LogP contribution in [-0.2, 0) is 6.61 Å². The molecule has 2 aromatic rings. The molecule has 0 saturated carbocycles. The minimum atomic E-state index is -0.592. The second kappa shape index (κ2) is 9.24. The first kappa shape index (κ1) is 18.2. The van der Waals surface area contributed by atoms with E-state index in [4.69, 9.17) is 14.0 Å². The first-order chi connectivity index (χ1) is 11.6. The van der Waals surface area contributed by atoms with Crippen LogP contribution in [-0.4, -0.2) is 40.5 Å². The summed E-state index contributed by atoms with van der Waals surface area (Å²) in [5.41, 5.74) is 0. The van der Waals surface area contributed by atoms with E-state index in [2.05, 4.69) is 29.3 Å². The van der Waals surface area contributed by atoms with E-state index in [1.807, 2.05) is 12.1 Å². The van der Waals surface area contributed by atoms with Gasteiger partial charge in [-0.25, -0.2) is 0 Å². The monoisotopic (exact) mass is 335 g/mol. The summed E-state index contributed by atoms with van der Waals surface area (Å²) in [7, 11) is 0. The van der Waals surface area contributed by atoms with Crippen LogP contribution in [0.3, 0.4) is 0 Å². The van der Waals surface area contributed by atoms with E-state index in [9.17, 15) is 5.11 Å². The third-order valence-corrected chi connectivity index (χ3v) is 3.52. The number of aromatic nitrogens is 2. The van der Waals surface area contributed by atoms with Crippen molar-refractivity contribution in [3.63, 3.8) is 0 Å². The van der Waals surface area contributed by atoms with E-state index in [0.717, 1.165) is 6.42 Å². The summed E-state index contributed by atoms with van der Waals surface area (Å²) in [4.78, 5) is 4.09. The van der Waals surface area contributed by atoms with Gasteiger partial charge in [0.15, 0.2) is 23.9 Å². The number of nitrogens with zero attached hydrogens (tertiary/aromatic N) is 2.